The predicted molar refractivity (Wildman–Crippen MR) is 83.9 cm³/mol. The Morgan fingerprint density at radius 2 is 1.95 bits per heavy atom. The number of nitrogens with zero attached hydrogens (tertiary/aromatic N) is 3. The van der Waals surface area contributed by atoms with E-state index in [-0.39, 0.29) is 0 Å². The Balaban J connectivity index is 1.84. The number of halogens is 1. The molecular formula is C14H16BrN3OS. The molecule has 0 atom stereocenters. The van der Waals surface area contributed by atoms with E-state index in [1.54, 1.807) is 4.68 Å². The molecule has 1 aromatic heterocycles. The lowest BCUT2D eigenvalue weighted by Crippen LogP contribution is -2.32. The summed E-state index contributed by atoms with van der Waals surface area (Å²) in [5.41, 5.74) is 0.927. The molecule has 3 rings (SSSR count). The first-order valence-corrected chi connectivity index (χ1v) is 7.99. The van der Waals surface area contributed by atoms with Crippen molar-refractivity contribution in [3.05, 3.63) is 33.6 Å². The van der Waals surface area contributed by atoms with E-state index in [0.717, 1.165) is 23.1 Å². The highest BCUT2D eigenvalue weighted by Crippen LogP contribution is 2.26. The minimum absolute atomic E-state index is 0.432. The van der Waals surface area contributed by atoms with Crippen molar-refractivity contribution in [2.75, 3.05) is 13.1 Å². The van der Waals surface area contributed by atoms with Crippen LogP contribution in [0.4, 0.5) is 0 Å². The highest BCUT2D eigenvalue weighted by Gasteiger charge is 2.15. The zero-order valence-electron chi connectivity index (χ0n) is 11.1. The second kappa shape index (κ2) is 6.20. The molecule has 0 N–H and O–H groups in total. The van der Waals surface area contributed by atoms with E-state index in [1.165, 1.54) is 19.3 Å². The summed E-state index contributed by atoms with van der Waals surface area (Å²) in [5, 5.41) is 4.51. The van der Waals surface area contributed by atoms with Crippen LogP contribution >= 0.6 is 28.1 Å². The Labute approximate surface area is 131 Å². The molecule has 0 unspecified atom stereocenters. The average molecular weight is 354 g/mol. The molecular weight excluding hydrogens is 338 g/mol. The Hall–Kier alpha value is -0.980. The molecule has 2 heterocycles. The molecule has 0 saturated carbocycles. The first-order valence-electron chi connectivity index (χ1n) is 6.79. The van der Waals surface area contributed by atoms with Crippen molar-refractivity contribution in [1.82, 2.24) is 14.7 Å². The van der Waals surface area contributed by atoms with Crippen LogP contribution in [0, 0.1) is 4.84 Å². The number of aromatic nitrogens is 2. The smallest absolute Gasteiger partial charge is 0.288 e. The van der Waals surface area contributed by atoms with Crippen molar-refractivity contribution in [2.24, 2.45) is 0 Å². The van der Waals surface area contributed by atoms with Crippen molar-refractivity contribution in [2.45, 2.75) is 25.9 Å². The predicted octanol–water partition coefficient (Wildman–Crippen LogP) is 4.08. The largest absolute Gasteiger partial charge is 0.409 e. The van der Waals surface area contributed by atoms with Crippen molar-refractivity contribution in [3.63, 3.8) is 0 Å². The van der Waals surface area contributed by atoms with Crippen LogP contribution in [0.1, 0.15) is 19.3 Å². The molecule has 0 radical (unpaired) electrons. The van der Waals surface area contributed by atoms with Crippen LogP contribution in [0.3, 0.4) is 0 Å². The van der Waals surface area contributed by atoms with E-state index in [1.807, 2.05) is 24.3 Å². The van der Waals surface area contributed by atoms with Gasteiger partial charge in [0.2, 0.25) is 5.89 Å². The summed E-state index contributed by atoms with van der Waals surface area (Å²) < 4.78 is 8.37. The van der Waals surface area contributed by atoms with Crippen LogP contribution in [0.15, 0.2) is 33.2 Å². The maximum Gasteiger partial charge on any atom is 0.288 e. The van der Waals surface area contributed by atoms with E-state index >= 15 is 0 Å². The molecule has 1 aromatic carbocycles. The number of benzene rings is 1. The number of hydrogen-bond acceptors (Lipinski definition) is 4. The van der Waals surface area contributed by atoms with E-state index in [9.17, 15) is 0 Å². The number of piperidine rings is 1. The van der Waals surface area contributed by atoms with Gasteiger partial charge in [0.1, 0.15) is 0 Å². The van der Waals surface area contributed by atoms with E-state index in [4.69, 9.17) is 16.6 Å². The maximum atomic E-state index is 5.63. The number of likely N-dealkylation sites (tertiary alicyclic amines) is 1. The quantitative estimate of drug-likeness (QED) is 0.778. The van der Waals surface area contributed by atoms with Gasteiger partial charge in [0.25, 0.3) is 4.84 Å². The molecule has 0 bridgehead atoms. The topological polar surface area (TPSA) is 34.2 Å². The maximum absolute atomic E-state index is 5.63. The lowest BCUT2D eigenvalue weighted by molar-refractivity contribution is 0.170. The van der Waals surface area contributed by atoms with Crippen molar-refractivity contribution >= 4 is 28.1 Å². The Kier molecular flexibility index (Phi) is 4.33. The second-order valence-electron chi connectivity index (χ2n) is 4.97. The molecule has 1 fully saturated rings. The van der Waals surface area contributed by atoms with Gasteiger partial charge in [-0.3, -0.25) is 4.90 Å². The van der Waals surface area contributed by atoms with Crippen LogP contribution in [0.2, 0.25) is 0 Å². The summed E-state index contributed by atoms with van der Waals surface area (Å²) in [4.78, 5) is 2.80. The molecule has 0 amide bonds. The Bertz CT molecular complexity index is 646. The average Bonchev–Trinajstić information content (AvgIpc) is 2.81. The highest BCUT2D eigenvalue weighted by atomic mass is 79.9. The van der Waals surface area contributed by atoms with Gasteiger partial charge in [0, 0.05) is 4.47 Å². The Morgan fingerprint density at radius 1 is 1.20 bits per heavy atom. The van der Waals surface area contributed by atoms with Gasteiger partial charge in [-0.1, -0.05) is 18.6 Å². The molecule has 6 heteroatoms. The molecule has 0 spiro atoms. The van der Waals surface area contributed by atoms with Gasteiger partial charge in [-0.15, -0.1) is 5.10 Å². The van der Waals surface area contributed by atoms with Gasteiger partial charge in [0.05, 0.1) is 12.2 Å². The first kappa shape index (κ1) is 14.0. The molecule has 20 heavy (non-hydrogen) atoms. The fraction of sp³-hybridized carbons (Fsp3) is 0.429. The summed E-state index contributed by atoms with van der Waals surface area (Å²) in [7, 11) is 0. The third-order valence-electron chi connectivity index (χ3n) is 3.49. The monoisotopic (exact) mass is 353 g/mol. The van der Waals surface area contributed by atoms with Crippen LogP contribution in [0.25, 0.3) is 11.5 Å². The lowest BCUT2D eigenvalue weighted by Gasteiger charge is -2.25. The number of rotatable bonds is 3. The zero-order chi connectivity index (χ0) is 13.9. The minimum Gasteiger partial charge on any atom is -0.409 e. The van der Waals surface area contributed by atoms with Crippen LogP contribution in [0.5, 0.6) is 0 Å². The molecule has 1 aliphatic rings. The van der Waals surface area contributed by atoms with Gasteiger partial charge in [-0.05, 0) is 66.2 Å². The standard InChI is InChI=1S/C14H16BrN3OS/c15-12-7-3-2-6-11(12)13-16-18(14(20)19-13)10-17-8-4-1-5-9-17/h2-3,6-7H,1,4-5,8-10H2. The highest BCUT2D eigenvalue weighted by molar-refractivity contribution is 9.10. The van der Waals surface area contributed by atoms with E-state index in [2.05, 4.69) is 25.9 Å². The van der Waals surface area contributed by atoms with Crippen LogP contribution < -0.4 is 0 Å². The third-order valence-corrected chi connectivity index (χ3v) is 4.48. The van der Waals surface area contributed by atoms with E-state index in [0.29, 0.717) is 17.4 Å². The van der Waals surface area contributed by atoms with Crippen molar-refractivity contribution < 1.29 is 4.42 Å². The molecule has 1 saturated heterocycles. The summed E-state index contributed by atoms with van der Waals surface area (Å²) >= 11 is 8.79. The molecule has 0 aliphatic carbocycles. The fourth-order valence-corrected chi connectivity index (χ4v) is 3.06. The van der Waals surface area contributed by atoms with Gasteiger partial charge < -0.3 is 4.42 Å². The second-order valence-corrected chi connectivity index (χ2v) is 6.18. The van der Waals surface area contributed by atoms with Crippen molar-refractivity contribution in [1.29, 1.82) is 0 Å². The van der Waals surface area contributed by atoms with Gasteiger partial charge in [0.15, 0.2) is 0 Å². The summed E-state index contributed by atoms with van der Waals surface area (Å²) in [6.07, 6.45) is 3.83. The summed E-state index contributed by atoms with van der Waals surface area (Å²) in [5.74, 6) is 0.569. The van der Waals surface area contributed by atoms with Crippen LogP contribution in [-0.4, -0.2) is 27.8 Å². The van der Waals surface area contributed by atoms with Crippen LogP contribution in [-0.2, 0) is 6.67 Å². The van der Waals surface area contributed by atoms with E-state index < -0.39 is 0 Å². The first-order chi connectivity index (χ1) is 9.74. The van der Waals surface area contributed by atoms with Gasteiger partial charge in [-0.2, -0.15) is 0 Å². The normalized spacial score (nSPS) is 16.4. The summed E-state index contributed by atoms with van der Waals surface area (Å²) in [6, 6.07) is 7.86. The minimum atomic E-state index is 0.432. The molecule has 4 nitrogen and oxygen atoms in total. The molecule has 2 aromatic rings. The van der Waals surface area contributed by atoms with Crippen molar-refractivity contribution in [3.8, 4) is 11.5 Å². The lowest BCUT2D eigenvalue weighted by atomic mass is 10.1. The Morgan fingerprint density at radius 3 is 2.70 bits per heavy atom. The SMILES string of the molecule is S=c1oc(-c2ccccc2Br)nn1CN1CCCCC1. The van der Waals surface area contributed by atoms with Gasteiger partial charge in [-0.25, -0.2) is 4.68 Å². The van der Waals surface area contributed by atoms with Gasteiger partial charge >= 0.3 is 0 Å². The number of hydrogen-bond donors (Lipinski definition) is 0. The summed E-state index contributed by atoms with van der Waals surface area (Å²) in [6.45, 7) is 2.94. The molecule has 1 aliphatic heterocycles. The molecule has 106 valence electrons. The third kappa shape index (κ3) is 3.02. The fourth-order valence-electron chi connectivity index (χ4n) is 2.43. The zero-order valence-corrected chi connectivity index (χ0v) is 13.5.